The molecular weight excluding hydrogens is 1030 g/mol. The summed E-state index contributed by atoms with van der Waals surface area (Å²) in [5.74, 6) is 0. The van der Waals surface area contributed by atoms with E-state index in [0.717, 1.165) is 45.6 Å². The average molecular weight is 1050 g/mol. The Morgan fingerprint density at radius 2 is 0.453 bits per heavy atom. The average Bonchev–Trinajstić information content (AvgIpc) is 3.14. The van der Waals surface area contributed by atoms with Crippen molar-refractivity contribution in [1.29, 1.82) is 10.5 Å². The van der Waals surface area contributed by atoms with Crippen LogP contribution in [0.2, 0.25) is 0 Å². The molecule has 0 fully saturated rings. The number of hydrogen-bond acceptors (Lipinski definition) is 8. The van der Waals surface area contributed by atoms with Crippen molar-refractivity contribution in [2.75, 3.05) is 0 Å². The third kappa shape index (κ3) is 44.6. The summed E-state index contributed by atoms with van der Waals surface area (Å²) in [6.45, 7) is 2.86. The maximum Gasteiger partial charge on any atom is 3.00 e. The second-order valence-electron chi connectivity index (χ2n) is 11.0. The van der Waals surface area contributed by atoms with Crippen molar-refractivity contribution >= 4 is 43.2 Å². The van der Waals surface area contributed by atoms with Crippen LogP contribution in [0.1, 0.15) is 13.8 Å². The molecule has 6 aromatic rings. The molecule has 0 N–H and O–H groups in total. The summed E-state index contributed by atoms with van der Waals surface area (Å²) in [6, 6.07) is 38.5. The number of nitriles is 2. The van der Waals surface area contributed by atoms with Gasteiger partial charge in [-0.1, -0.05) is 36.4 Å². The summed E-state index contributed by atoms with van der Waals surface area (Å²) >= 11 is 0. The summed E-state index contributed by atoms with van der Waals surface area (Å²) in [6.07, 6.45) is 7.07. The Hall–Kier alpha value is -5.45. The van der Waals surface area contributed by atoms with Crippen LogP contribution >= 0.6 is 23.4 Å². The van der Waals surface area contributed by atoms with Gasteiger partial charge in [-0.25, -0.2) is 9.97 Å². The molecule has 30 heteroatoms. The molecule has 0 saturated heterocycles. The van der Waals surface area contributed by atoms with Crippen LogP contribution in [0.4, 0.5) is 75.5 Å². The van der Waals surface area contributed by atoms with E-state index >= 15 is 0 Å². The molecule has 0 amide bonds. The molecule has 0 radical (unpaired) electrons. The van der Waals surface area contributed by atoms with Crippen molar-refractivity contribution < 1.29 is 75.5 Å². The van der Waals surface area contributed by atoms with E-state index in [-0.39, 0.29) is 19.8 Å². The molecule has 0 aliphatic heterocycles. The first-order chi connectivity index (χ1) is 28.0. The second-order valence-corrected chi connectivity index (χ2v) is 16.7. The van der Waals surface area contributed by atoms with Gasteiger partial charge in [0.25, 0.3) is 0 Å². The molecule has 0 aliphatic rings. The number of rotatable bonds is 4. The normalized spacial score (nSPS) is 13.6. The third-order valence-corrected chi connectivity index (χ3v) is 5.21. The molecular formula is C34H28F18GaN8P3. The van der Waals surface area contributed by atoms with Gasteiger partial charge in [-0.3, -0.25) is 19.9 Å². The first kappa shape index (κ1) is 60.6. The number of aromatic nitrogens is 6. The minimum absolute atomic E-state index is 0. The van der Waals surface area contributed by atoms with Gasteiger partial charge in [-0.2, -0.15) is 10.5 Å². The minimum Gasteiger partial charge on any atom is -0.255 e. The maximum atomic E-state index is 9.87. The summed E-state index contributed by atoms with van der Waals surface area (Å²) < 4.78 is 178. The van der Waals surface area contributed by atoms with Gasteiger partial charge in [0.2, 0.25) is 0 Å². The van der Waals surface area contributed by atoms with E-state index in [9.17, 15) is 75.5 Å². The second kappa shape index (κ2) is 21.0. The van der Waals surface area contributed by atoms with Crippen LogP contribution < -0.4 is 0 Å². The van der Waals surface area contributed by atoms with E-state index in [1.165, 1.54) is 13.8 Å². The van der Waals surface area contributed by atoms with Gasteiger partial charge in [0.15, 0.2) is 0 Å². The first-order valence-electron chi connectivity index (χ1n) is 16.0. The molecule has 0 atom stereocenters. The minimum atomic E-state index is -10.7. The van der Waals surface area contributed by atoms with Crippen molar-refractivity contribution in [2.45, 2.75) is 13.8 Å². The van der Waals surface area contributed by atoms with Crippen molar-refractivity contribution in [3.05, 3.63) is 134 Å². The Kier molecular flexibility index (Phi) is 19.9. The van der Waals surface area contributed by atoms with E-state index in [4.69, 9.17) is 10.5 Å². The number of nitrogens with zero attached hydrogens (tertiary/aromatic N) is 8. The zero-order chi connectivity index (χ0) is 49.1. The molecule has 348 valence electrons. The van der Waals surface area contributed by atoms with Gasteiger partial charge in [-0.05, 0) is 72.8 Å². The predicted octanol–water partition coefficient (Wildman–Crippen LogP) is 17.2. The Labute approximate surface area is 363 Å². The zero-order valence-corrected chi connectivity index (χ0v) is 37.1. The van der Waals surface area contributed by atoms with Gasteiger partial charge < -0.3 is 0 Å². The van der Waals surface area contributed by atoms with E-state index < -0.39 is 23.4 Å². The maximum absolute atomic E-state index is 10.7. The smallest absolute Gasteiger partial charge is 0.255 e. The number of hydrogen-bond donors (Lipinski definition) is 0. The molecule has 64 heavy (non-hydrogen) atoms. The summed E-state index contributed by atoms with van der Waals surface area (Å²) in [4.78, 5) is 26.4. The monoisotopic (exact) mass is 1050 g/mol. The fourth-order valence-corrected chi connectivity index (χ4v) is 3.50. The Morgan fingerprint density at radius 1 is 0.312 bits per heavy atom. The van der Waals surface area contributed by atoms with E-state index in [0.29, 0.717) is 0 Å². The molecule has 0 bridgehead atoms. The van der Waals surface area contributed by atoms with E-state index in [1.54, 1.807) is 36.9 Å². The van der Waals surface area contributed by atoms with Gasteiger partial charge in [0, 0.05) is 38.6 Å². The topological polar surface area (TPSA) is 125 Å². The predicted molar refractivity (Wildman–Crippen MR) is 210 cm³/mol. The molecule has 8 nitrogen and oxygen atoms in total. The molecule has 0 saturated carbocycles. The van der Waals surface area contributed by atoms with Crippen LogP contribution in [0.5, 0.6) is 0 Å². The first-order valence-corrected chi connectivity index (χ1v) is 22.0. The van der Waals surface area contributed by atoms with Gasteiger partial charge >= 0.3 is 119 Å². The molecule has 0 unspecified atom stereocenters. The van der Waals surface area contributed by atoms with E-state index in [2.05, 4.69) is 29.9 Å². The molecule has 6 heterocycles. The fourth-order valence-electron chi connectivity index (χ4n) is 3.50. The Balaban J connectivity index is 0. The Bertz CT molecular complexity index is 2070. The SMILES string of the molecule is CC#N.CC#N.F[P-](F)(F)(F)(F)F.F[P-](F)(F)(F)(F)F.F[P-](F)(F)(F)(F)F.[Ga+3].c1ccc(-c2cccc(-c3ccccn3)n2)nc1.c1ccc(-c2cccc(-c3ccccn3)n2)nc1. The zero-order valence-electron chi connectivity index (χ0n) is 32.0. The summed E-state index contributed by atoms with van der Waals surface area (Å²) in [5.41, 5.74) is 6.92. The fraction of sp³-hybridized carbons (Fsp3) is 0.0588. The van der Waals surface area contributed by atoms with Gasteiger partial charge in [0.1, 0.15) is 0 Å². The molecule has 6 aromatic heterocycles. The number of pyridine rings is 6. The van der Waals surface area contributed by atoms with Crippen LogP contribution in [-0.2, 0) is 0 Å². The van der Waals surface area contributed by atoms with Gasteiger partial charge in [0.05, 0.1) is 57.7 Å². The van der Waals surface area contributed by atoms with Crippen LogP contribution in [0, 0.1) is 22.7 Å². The van der Waals surface area contributed by atoms with Crippen LogP contribution in [-0.4, -0.2) is 49.7 Å². The van der Waals surface area contributed by atoms with Crippen molar-refractivity contribution in [3.63, 3.8) is 0 Å². The largest absolute Gasteiger partial charge is 3.00 e. The van der Waals surface area contributed by atoms with Crippen LogP contribution in [0.25, 0.3) is 45.6 Å². The summed E-state index contributed by atoms with van der Waals surface area (Å²) in [5, 5.41) is 14.6. The molecule has 0 aliphatic carbocycles. The standard InChI is InChI=1S/2C15H11N3.2C2H3N.3F6P.Ga/c2*1-3-10-16-12(6-1)14-8-5-9-15(18-14)13-7-2-4-11-17-13;2*1-2-3;3*1-7(2,3,4,5)6;/h2*1-11H;2*1H3;;;;/q;;;;3*-1;+3. The van der Waals surface area contributed by atoms with Crippen molar-refractivity contribution in [1.82, 2.24) is 29.9 Å². The van der Waals surface area contributed by atoms with Crippen molar-refractivity contribution in [3.8, 4) is 57.7 Å². The molecule has 0 aromatic carbocycles. The quantitative estimate of drug-likeness (QED) is 0.0971. The number of halogens is 18. The van der Waals surface area contributed by atoms with E-state index in [1.807, 2.05) is 109 Å². The third-order valence-electron chi connectivity index (χ3n) is 5.21. The molecule has 6 rings (SSSR count). The Morgan fingerprint density at radius 3 is 0.578 bits per heavy atom. The summed E-state index contributed by atoms with van der Waals surface area (Å²) in [7, 11) is -32.0. The van der Waals surface area contributed by atoms with Crippen LogP contribution in [0.3, 0.4) is 0 Å². The van der Waals surface area contributed by atoms with Gasteiger partial charge in [-0.15, -0.1) is 0 Å². The van der Waals surface area contributed by atoms with Crippen LogP contribution in [0.15, 0.2) is 134 Å². The van der Waals surface area contributed by atoms with Crippen molar-refractivity contribution in [2.24, 2.45) is 0 Å². The molecule has 0 spiro atoms.